The molecule has 6 nitrogen and oxygen atoms in total. The first-order chi connectivity index (χ1) is 10.2. The third kappa shape index (κ3) is 4.61. The molecule has 2 rings (SSSR count). The van der Waals surface area contributed by atoms with Crippen molar-refractivity contribution in [3.05, 3.63) is 54.2 Å². The maximum Gasteiger partial charge on any atom is 0.324 e. The van der Waals surface area contributed by atoms with Crippen LogP contribution in [0.1, 0.15) is 5.56 Å². The fourth-order valence-corrected chi connectivity index (χ4v) is 1.66. The van der Waals surface area contributed by atoms with Gasteiger partial charge in [0.05, 0.1) is 13.5 Å². The van der Waals surface area contributed by atoms with E-state index in [-0.39, 0.29) is 18.4 Å². The minimum absolute atomic E-state index is 0.205. The van der Waals surface area contributed by atoms with Crippen molar-refractivity contribution >= 4 is 23.5 Å². The van der Waals surface area contributed by atoms with E-state index in [9.17, 15) is 9.59 Å². The second kappa shape index (κ2) is 7.04. The molecule has 2 amide bonds. The van der Waals surface area contributed by atoms with Gasteiger partial charge in [0.25, 0.3) is 0 Å². The van der Waals surface area contributed by atoms with E-state index >= 15 is 0 Å². The van der Waals surface area contributed by atoms with Crippen LogP contribution < -0.4 is 10.6 Å². The molecule has 0 aliphatic carbocycles. The van der Waals surface area contributed by atoms with E-state index in [0.717, 1.165) is 5.56 Å². The van der Waals surface area contributed by atoms with Crippen LogP contribution in [0.15, 0.2) is 48.7 Å². The maximum absolute atomic E-state index is 11.8. The monoisotopic (exact) mass is 285 g/mol. The van der Waals surface area contributed by atoms with Crippen molar-refractivity contribution in [1.29, 1.82) is 0 Å². The van der Waals surface area contributed by atoms with Crippen molar-refractivity contribution < 1.29 is 14.3 Å². The maximum atomic E-state index is 11.8. The summed E-state index contributed by atoms with van der Waals surface area (Å²) in [7, 11) is 1.35. The summed E-state index contributed by atoms with van der Waals surface area (Å²) in [5.41, 5.74) is 1.44. The van der Waals surface area contributed by atoms with Gasteiger partial charge in [-0.3, -0.25) is 10.1 Å². The molecule has 0 saturated heterocycles. The van der Waals surface area contributed by atoms with Gasteiger partial charge >= 0.3 is 12.0 Å². The molecule has 0 atom stereocenters. The summed E-state index contributed by atoms with van der Waals surface area (Å²) in [5, 5.41) is 5.29. The lowest BCUT2D eigenvalue weighted by atomic mass is 10.1. The van der Waals surface area contributed by atoms with Crippen molar-refractivity contribution in [2.75, 3.05) is 17.7 Å². The highest BCUT2D eigenvalue weighted by atomic mass is 16.5. The molecule has 0 fully saturated rings. The summed E-state index contributed by atoms with van der Waals surface area (Å²) in [6.45, 7) is 0. The number of ether oxygens (including phenoxy) is 1. The SMILES string of the molecule is COC(=O)Cc1ccc(NC(=O)Nc2ccccn2)cc1. The molecule has 0 aliphatic heterocycles. The average Bonchev–Trinajstić information content (AvgIpc) is 2.50. The Morgan fingerprint density at radius 1 is 1.10 bits per heavy atom. The van der Waals surface area contributed by atoms with Crippen molar-refractivity contribution in [2.24, 2.45) is 0 Å². The molecular formula is C15H15N3O3. The molecule has 1 aromatic heterocycles. The lowest BCUT2D eigenvalue weighted by Gasteiger charge is -2.07. The molecule has 0 radical (unpaired) electrons. The van der Waals surface area contributed by atoms with E-state index in [0.29, 0.717) is 11.5 Å². The van der Waals surface area contributed by atoms with Gasteiger partial charge in [-0.05, 0) is 29.8 Å². The number of pyridine rings is 1. The van der Waals surface area contributed by atoms with Crippen LogP contribution in [0.2, 0.25) is 0 Å². The molecule has 0 saturated carbocycles. The molecule has 108 valence electrons. The van der Waals surface area contributed by atoms with Crippen LogP contribution >= 0.6 is 0 Å². The molecule has 0 bridgehead atoms. The van der Waals surface area contributed by atoms with Gasteiger partial charge in [0.15, 0.2) is 0 Å². The van der Waals surface area contributed by atoms with Crippen LogP contribution in [0.4, 0.5) is 16.3 Å². The molecule has 0 aliphatic rings. The number of methoxy groups -OCH3 is 1. The van der Waals surface area contributed by atoms with Crippen LogP contribution in [-0.2, 0) is 16.0 Å². The van der Waals surface area contributed by atoms with Crippen LogP contribution in [0.25, 0.3) is 0 Å². The van der Waals surface area contributed by atoms with Gasteiger partial charge < -0.3 is 10.1 Å². The number of nitrogens with one attached hydrogen (secondary N) is 2. The van der Waals surface area contributed by atoms with Gasteiger partial charge in [-0.1, -0.05) is 18.2 Å². The molecule has 6 heteroatoms. The van der Waals surface area contributed by atoms with E-state index in [2.05, 4.69) is 20.4 Å². The average molecular weight is 285 g/mol. The second-order valence-electron chi connectivity index (χ2n) is 4.24. The normalized spacial score (nSPS) is 9.76. The number of hydrogen-bond donors (Lipinski definition) is 2. The zero-order valence-corrected chi connectivity index (χ0v) is 11.5. The molecule has 0 spiro atoms. The van der Waals surface area contributed by atoms with E-state index in [4.69, 9.17) is 0 Å². The van der Waals surface area contributed by atoms with E-state index < -0.39 is 0 Å². The predicted octanol–water partition coefficient (Wildman–Crippen LogP) is 2.44. The number of carbonyl (C=O) groups excluding carboxylic acids is 2. The quantitative estimate of drug-likeness (QED) is 0.845. The van der Waals surface area contributed by atoms with E-state index in [1.807, 2.05) is 0 Å². The number of urea groups is 1. The topological polar surface area (TPSA) is 80.3 Å². The summed E-state index contributed by atoms with van der Waals surface area (Å²) in [6, 6.07) is 11.8. The molecule has 21 heavy (non-hydrogen) atoms. The first-order valence-electron chi connectivity index (χ1n) is 6.32. The highest BCUT2D eigenvalue weighted by Crippen LogP contribution is 2.11. The third-order valence-electron chi connectivity index (χ3n) is 2.69. The van der Waals surface area contributed by atoms with Crippen LogP contribution in [0.3, 0.4) is 0 Å². The first kappa shape index (κ1) is 14.5. The van der Waals surface area contributed by atoms with Crippen molar-refractivity contribution in [3.63, 3.8) is 0 Å². The number of benzene rings is 1. The van der Waals surface area contributed by atoms with Gasteiger partial charge in [0, 0.05) is 11.9 Å². The lowest BCUT2D eigenvalue weighted by Crippen LogP contribution is -2.19. The number of aromatic nitrogens is 1. The van der Waals surface area contributed by atoms with E-state index in [1.165, 1.54) is 7.11 Å². The Morgan fingerprint density at radius 2 is 1.86 bits per heavy atom. The molecule has 2 N–H and O–H groups in total. The van der Waals surface area contributed by atoms with Gasteiger partial charge in [-0.2, -0.15) is 0 Å². The number of hydrogen-bond acceptors (Lipinski definition) is 4. The first-order valence-corrected chi connectivity index (χ1v) is 6.32. The summed E-state index contributed by atoms with van der Waals surface area (Å²) < 4.78 is 4.59. The molecular weight excluding hydrogens is 270 g/mol. The zero-order chi connectivity index (χ0) is 15.1. The van der Waals surface area contributed by atoms with Crippen LogP contribution in [-0.4, -0.2) is 24.1 Å². The standard InChI is InChI=1S/C15H15N3O3/c1-21-14(19)10-11-5-7-12(8-6-11)17-15(20)18-13-4-2-3-9-16-13/h2-9H,10H2,1H3,(H2,16,17,18,20). The van der Waals surface area contributed by atoms with Crippen LogP contribution in [0, 0.1) is 0 Å². The fourth-order valence-electron chi connectivity index (χ4n) is 1.66. The number of nitrogens with zero attached hydrogens (tertiary/aromatic N) is 1. The Labute approximate surface area is 122 Å². The zero-order valence-electron chi connectivity index (χ0n) is 11.5. The largest absolute Gasteiger partial charge is 0.469 e. The molecule has 2 aromatic rings. The summed E-state index contributed by atoms with van der Waals surface area (Å²) >= 11 is 0. The second-order valence-corrected chi connectivity index (χ2v) is 4.24. The number of anilines is 2. The van der Waals surface area contributed by atoms with Gasteiger partial charge in [-0.25, -0.2) is 9.78 Å². The smallest absolute Gasteiger partial charge is 0.324 e. The Balaban J connectivity index is 1.91. The molecule has 1 aromatic carbocycles. The highest BCUT2D eigenvalue weighted by molar-refractivity contribution is 5.99. The minimum Gasteiger partial charge on any atom is -0.469 e. The highest BCUT2D eigenvalue weighted by Gasteiger charge is 2.05. The van der Waals surface area contributed by atoms with Gasteiger partial charge in [0.2, 0.25) is 0 Å². The van der Waals surface area contributed by atoms with Crippen molar-refractivity contribution in [2.45, 2.75) is 6.42 Å². The minimum atomic E-state index is -0.380. The lowest BCUT2D eigenvalue weighted by molar-refractivity contribution is -0.139. The molecule has 0 unspecified atom stereocenters. The number of rotatable bonds is 4. The fraction of sp³-hybridized carbons (Fsp3) is 0.133. The third-order valence-corrected chi connectivity index (χ3v) is 2.69. The Bertz CT molecular complexity index is 612. The predicted molar refractivity (Wildman–Crippen MR) is 79.0 cm³/mol. The van der Waals surface area contributed by atoms with Crippen molar-refractivity contribution in [3.8, 4) is 0 Å². The van der Waals surface area contributed by atoms with Crippen LogP contribution in [0.5, 0.6) is 0 Å². The number of amides is 2. The number of esters is 1. The molecule has 1 heterocycles. The van der Waals surface area contributed by atoms with Gasteiger partial charge in [-0.15, -0.1) is 0 Å². The summed E-state index contributed by atoms with van der Waals surface area (Å²) in [6.07, 6.45) is 1.80. The van der Waals surface area contributed by atoms with Gasteiger partial charge in [0.1, 0.15) is 5.82 Å². The van der Waals surface area contributed by atoms with E-state index in [1.54, 1.807) is 48.7 Å². The number of carbonyl (C=O) groups is 2. The van der Waals surface area contributed by atoms with Crippen molar-refractivity contribution in [1.82, 2.24) is 4.98 Å². The summed E-state index contributed by atoms with van der Waals surface area (Å²) in [5.74, 6) is 0.168. The Kier molecular flexibility index (Phi) is 4.87. The Morgan fingerprint density at radius 3 is 2.48 bits per heavy atom. The summed E-state index contributed by atoms with van der Waals surface area (Å²) in [4.78, 5) is 26.9. The Hall–Kier alpha value is -2.89.